The second kappa shape index (κ2) is 15.7. The summed E-state index contributed by atoms with van der Waals surface area (Å²) in [6, 6.07) is 0. The van der Waals surface area contributed by atoms with E-state index in [-0.39, 0.29) is 0 Å². The maximum atomic E-state index is 3.75. The van der Waals surface area contributed by atoms with Crippen molar-refractivity contribution in [3.8, 4) is 0 Å². The number of allylic oxidation sites excluding steroid dienone is 10. The molecule has 0 saturated carbocycles. The highest BCUT2D eigenvalue weighted by Gasteiger charge is 1.74. The SMILES string of the molecule is [CH2]C/C=C\C/C=C\C/C=C\C/C=C\C/C=C\CC. The molecule has 0 spiro atoms. The summed E-state index contributed by atoms with van der Waals surface area (Å²) in [4.78, 5) is 0. The first-order valence-corrected chi connectivity index (χ1v) is 6.96. The van der Waals surface area contributed by atoms with Gasteiger partial charge in [0.15, 0.2) is 0 Å². The number of rotatable bonds is 10. The van der Waals surface area contributed by atoms with Gasteiger partial charge in [-0.25, -0.2) is 0 Å². The normalized spacial score (nSPS) is 13.2. The summed E-state index contributed by atoms with van der Waals surface area (Å²) in [5.41, 5.74) is 0. The summed E-state index contributed by atoms with van der Waals surface area (Å²) in [6.07, 6.45) is 28.1. The quantitative estimate of drug-likeness (QED) is 0.415. The number of hydrogen-bond donors (Lipinski definition) is 0. The van der Waals surface area contributed by atoms with Crippen LogP contribution in [0.4, 0.5) is 0 Å². The van der Waals surface area contributed by atoms with Gasteiger partial charge >= 0.3 is 0 Å². The van der Waals surface area contributed by atoms with Crippen LogP contribution >= 0.6 is 0 Å². The Labute approximate surface area is 113 Å². The topological polar surface area (TPSA) is 0 Å². The zero-order valence-corrected chi connectivity index (χ0v) is 11.7. The Morgan fingerprint density at radius 3 is 1.22 bits per heavy atom. The molecule has 0 aliphatic carbocycles. The van der Waals surface area contributed by atoms with Gasteiger partial charge in [0.05, 0.1) is 0 Å². The molecule has 0 saturated heterocycles. The highest BCUT2D eigenvalue weighted by atomic mass is 13.8. The minimum atomic E-state index is 0.882. The van der Waals surface area contributed by atoms with E-state index in [0.717, 1.165) is 38.5 Å². The second-order valence-electron chi connectivity index (χ2n) is 4.00. The Morgan fingerprint density at radius 1 is 0.556 bits per heavy atom. The van der Waals surface area contributed by atoms with E-state index in [1.807, 2.05) is 0 Å². The van der Waals surface area contributed by atoms with Gasteiger partial charge in [0.2, 0.25) is 0 Å². The molecule has 0 bridgehead atoms. The fraction of sp³-hybridized carbons (Fsp3) is 0.389. The van der Waals surface area contributed by atoms with Gasteiger partial charge in [-0.15, -0.1) is 0 Å². The average Bonchev–Trinajstić information content (AvgIpc) is 2.39. The van der Waals surface area contributed by atoms with Crippen molar-refractivity contribution in [2.24, 2.45) is 0 Å². The summed E-state index contributed by atoms with van der Waals surface area (Å²) >= 11 is 0. The first-order chi connectivity index (χ1) is 8.91. The van der Waals surface area contributed by atoms with Crippen LogP contribution in [0.15, 0.2) is 60.8 Å². The van der Waals surface area contributed by atoms with E-state index in [2.05, 4.69) is 74.6 Å². The predicted octanol–water partition coefficient (Wildman–Crippen LogP) is 5.96. The first-order valence-electron chi connectivity index (χ1n) is 6.96. The lowest BCUT2D eigenvalue weighted by molar-refractivity contribution is 1.19. The third-order valence-corrected chi connectivity index (χ3v) is 2.32. The van der Waals surface area contributed by atoms with Gasteiger partial charge in [-0.05, 0) is 45.4 Å². The first kappa shape index (κ1) is 16.7. The van der Waals surface area contributed by atoms with Crippen molar-refractivity contribution in [3.05, 3.63) is 67.7 Å². The van der Waals surface area contributed by atoms with E-state index in [0.29, 0.717) is 0 Å². The average molecular weight is 243 g/mol. The van der Waals surface area contributed by atoms with Crippen LogP contribution in [0.5, 0.6) is 0 Å². The van der Waals surface area contributed by atoms with Crippen molar-refractivity contribution in [2.75, 3.05) is 0 Å². The fourth-order valence-electron chi connectivity index (χ4n) is 1.37. The molecule has 0 rings (SSSR count). The maximum absolute atomic E-state index is 3.75. The molecule has 1 radical (unpaired) electrons. The summed E-state index contributed by atoms with van der Waals surface area (Å²) in [6.45, 7) is 5.91. The van der Waals surface area contributed by atoms with Crippen LogP contribution in [0, 0.1) is 6.92 Å². The van der Waals surface area contributed by atoms with E-state index >= 15 is 0 Å². The molecule has 99 valence electrons. The molecule has 0 heterocycles. The molecule has 0 unspecified atom stereocenters. The van der Waals surface area contributed by atoms with Crippen LogP contribution in [0.2, 0.25) is 0 Å². The molecule has 0 aliphatic heterocycles. The summed E-state index contributed by atoms with van der Waals surface area (Å²) < 4.78 is 0. The van der Waals surface area contributed by atoms with Gasteiger partial charge in [0.25, 0.3) is 0 Å². The van der Waals surface area contributed by atoms with Gasteiger partial charge in [0.1, 0.15) is 0 Å². The van der Waals surface area contributed by atoms with Crippen molar-refractivity contribution in [1.82, 2.24) is 0 Å². The minimum absolute atomic E-state index is 0.882. The Balaban J connectivity index is 3.42. The van der Waals surface area contributed by atoms with Gasteiger partial charge in [0, 0.05) is 0 Å². The van der Waals surface area contributed by atoms with Gasteiger partial charge in [-0.1, -0.05) is 67.7 Å². The van der Waals surface area contributed by atoms with E-state index in [4.69, 9.17) is 0 Å². The molecule has 0 fully saturated rings. The lowest BCUT2D eigenvalue weighted by Gasteiger charge is -1.85. The van der Waals surface area contributed by atoms with Crippen molar-refractivity contribution in [3.63, 3.8) is 0 Å². The van der Waals surface area contributed by atoms with Crippen LogP contribution in [0.25, 0.3) is 0 Å². The smallest absolute Gasteiger partial charge is 0.0169 e. The molecule has 0 atom stereocenters. The van der Waals surface area contributed by atoms with E-state index in [1.165, 1.54) is 0 Å². The molecule has 0 heteroatoms. The Hall–Kier alpha value is -1.30. The maximum Gasteiger partial charge on any atom is -0.0169 e. The lowest BCUT2D eigenvalue weighted by Crippen LogP contribution is -1.64. The molecular weight excluding hydrogens is 216 g/mol. The highest BCUT2D eigenvalue weighted by molar-refractivity contribution is 5.00. The van der Waals surface area contributed by atoms with Gasteiger partial charge < -0.3 is 0 Å². The van der Waals surface area contributed by atoms with Crippen molar-refractivity contribution in [2.45, 2.75) is 45.4 Å². The summed E-state index contributed by atoms with van der Waals surface area (Å²) in [5, 5.41) is 0. The summed E-state index contributed by atoms with van der Waals surface area (Å²) in [7, 11) is 0. The lowest BCUT2D eigenvalue weighted by atomic mass is 10.2. The van der Waals surface area contributed by atoms with Crippen LogP contribution in [0.1, 0.15) is 45.4 Å². The van der Waals surface area contributed by atoms with Crippen LogP contribution in [-0.2, 0) is 0 Å². The van der Waals surface area contributed by atoms with Crippen molar-refractivity contribution in [1.29, 1.82) is 0 Å². The molecule has 0 nitrogen and oxygen atoms in total. The predicted molar refractivity (Wildman–Crippen MR) is 84.4 cm³/mol. The van der Waals surface area contributed by atoms with Crippen molar-refractivity contribution >= 4 is 0 Å². The van der Waals surface area contributed by atoms with Crippen molar-refractivity contribution < 1.29 is 0 Å². The zero-order valence-electron chi connectivity index (χ0n) is 11.7. The van der Waals surface area contributed by atoms with Crippen LogP contribution in [-0.4, -0.2) is 0 Å². The van der Waals surface area contributed by atoms with E-state index in [1.54, 1.807) is 0 Å². The fourth-order valence-corrected chi connectivity index (χ4v) is 1.37. The number of hydrogen-bond acceptors (Lipinski definition) is 0. The Morgan fingerprint density at radius 2 is 0.889 bits per heavy atom. The highest BCUT2D eigenvalue weighted by Crippen LogP contribution is 1.95. The minimum Gasteiger partial charge on any atom is -0.0885 e. The van der Waals surface area contributed by atoms with Crippen LogP contribution < -0.4 is 0 Å². The van der Waals surface area contributed by atoms with Crippen LogP contribution in [0.3, 0.4) is 0 Å². The largest absolute Gasteiger partial charge is 0.0885 e. The van der Waals surface area contributed by atoms with Gasteiger partial charge in [-0.2, -0.15) is 0 Å². The third-order valence-electron chi connectivity index (χ3n) is 2.32. The molecule has 0 N–H and O–H groups in total. The molecule has 0 aromatic carbocycles. The Bertz CT molecular complexity index is 257. The molecule has 0 amide bonds. The monoisotopic (exact) mass is 243 g/mol. The van der Waals surface area contributed by atoms with E-state index in [9.17, 15) is 0 Å². The van der Waals surface area contributed by atoms with E-state index < -0.39 is 0 Å². The second-order valence-corrected chi connectivity index (χ2v) is 4.00. The molecule has 18 heavy (non-hydrogen) atoms. The summed E-state index contributed by atoms with van der Waals surface area (Å²) in [5.74, 6) is 0. The molecule has 0 aliphatic rings. The molecular formula is C18H27. The zero-order chi connectivity index (χ0) is 13.3. The molecule has 0 aromatic rings. The third kappa shape index (κ3) is 14.7. The molecule has 0 aromatic heterocycles. The van der Waals surface area contributed by atoms with Gasteiger partial charge in [-0.3, -0.25) is 0 Å². The Kier molecular flexibility index (Phi) is 14.6. The standard InChI is InChI=1S/C18H27/c1-3-5-7-9-11-13-15-17-18-16-14-12-10-8-6-4-2/h5-8,11-14,17-18H,1,3-4,9-10,15-16H2,2H3/b7-5-,8-6-,13-11-,14-12-,18-17-.